The van der Waals surface area contributed by atoms with E-state index in [1.165, 1.54) is 5.56 Å². The van der Waals surface area contributed by atoms with Crippen molar-refractivity contribution in [1.29, 1.82) is 0 Å². The number of methoxy groups -OCH3 is 1. The van der Waals surface area contributed by atoms with E-state index in [1.807, 2.05) is 44.4 Å². The summed E-state index contributed by atoms with van der Waals surface area (Å²) in [7, 11) is -2.11. The van der Waals surface area contributed by atoms with Gasteiger partial charge in [0.05, 0.1) is 10.9 Å². The van der Waals surface area contributed by atoms with Gasteiger partial charge in [0.25, 0.3) is 5.91 Å². The third-order valence-corrected chi connectivity index (χ3v) is 13.8. The molecular formula is C39H55ClN4O5S. The van der Waals surface area contributed by atoms with Crippen LogP contribution in [0.1, 0.15) is 81.3 Å². The lowest BCUT2D eigenvalue weighted by Crippen LogP contribution is -2.61. The summed E-state index contributed by atoms with van der Waals surface area (Å²) in [6.45, 7) is 12.7. The number of halogens is 1. The molecule has 0 spiro atoms. The summed E-state index contributed by atoms with van der Waals surface area (Å²) in [5.74, 6) is 0.461. The predicted octanol–water partition coefficient (Wildman–Crippen LogP) is 6.20. The smallest absolute Gasteiger partial charge is 0.264 e. The molecule has 1 saturated carbocycles. The first-order valence-electron chi connectivity index (χ1n) is 18.4. The summed E-state index contributed by atoms with van der Waals surface area (Å²) >= 11 is 6.39. The van der Waals surface area contributed by atoms with E-state index in [0.717, 1.165) is 81.1 Å². The summed E-state index contributed by atoms with van der Waals surface area (Å²) < 4.78 is 42.6. The summed E-state index contributed by atoms with van der Waals surface area (Å²) in [5.41, 5.74) is 2.87. The van der Waals surface area contributed by atoms with Crippen LogP contribution in [-0.2, 0) is 27.8 Å². The number of amides is 1. The summed E-state index contributed by atoms with van der Waals surface area (Å²) in [5, 5.41) is 3.60. The zero-order chi connectivity index (χ0) is 35.6. The molecule has 0 radical (unpaired) electrons. The number of piperazine rings is 1. The van der Waals surface area contributed by atoms with Gasteiger partial charge in [-0.3, -0.25) is 9.69 Å². The Kier molecular flexibility index (Phi) is 11.5. The number of carbonyl (C=O) groups is 1. The molecule has 2 aromatic carbocycles. The van der Waals surface area contributed by atoms with Crippen molar-refractivity contribution in [2.45, 2.75) is 95.8 Å². The van der Waals surface area contributed by atoms with Crippen LogP contribution >= 0.6 is 11.6 Å². The molecule has 3 aliphatic heterocycles. The van der Waals surface area contributed by atoms with Crippen molar-refractivity contribution in [2.75, 3.05) is 44.7 Å². The molecule has 1 amide bonds. The topological polar surface area (TPSA) is 100 Å². The standard InChI is InChI=1S/C39H55ClN4O5S/c1-26-9-8-17-39(48-5,25-43-21-27(2)41-28(3)22-43)35-15-12-32(35)23-44-18-7-6-10-30-19-34(40)14-11-33(30)24-49-37-16-13-31(20-36(37)44)38(45)42-50(46,47)29(26)4/h8,11,13-14,16-17,19-20,26-29,32,35,41H,6-7,9-10,12,15,18,21-25H2,1-5H3,(H,42,45)/b17-8+/t26-,27-,28+,29+,32?,35+,39-/m0/s1. The van der Waals surface area contributed by atoms with E-state index in [9.17, 15) is 13.2 Å². The third-order valence-electron chi connectivity index (χ3n) is 11.7. The lowest BCUT2D eigenvalue weighted by atomic mass is 9.63. The molecule has 7 atom stereocenters. The number of sulfonamides is 1. The number of hydrogen-bond acceptors (Lipinski definition) is 8. The van der Waals surface area contributed by atoms with Gasteiger partial charge in [0, 0.05) is 62.5 Å². The Balaban J connectivity index is 1.40. The highest BCUT2D eigenvalue weighted by Crippen LogP contribution is 2.47. The van der Waals surface area contributed by atoms with Gasteiger partial charge in [0.2, 0.25) is 10.0 Å². The summed E-state index contributed by atoms with van der Waals surface area (Å²) in [6.07, 6.45) is 9.88. The molecule has 0 aromatic heterocycles. The number of nitrogens with zero attached hydrogens (tertiary/aromatic N) is 2. The maximum Gasteiger partial charge on any atom is 0.264 e. The molecule has 11 heteroatoms. The maximum absolute atomic E-state index is 13.6. The molecule has 4 aliphatic rings. The van der Waals surface area contributed by atoms with Crippen LogP contribution in [0.2, 0.25) is 5.02 Å². The zero-order valence-electron chi connectivity index (χ0n) is 30.3. The van der Waals surface area contributed by atoms with Crippen LogP contribution in [-0.4, -0.2) is 82.0 Å². The monoisotopic (exact) mass is 726 g/mol. The number of allylic oxidation sites excluding steroid dienone is 1. The van der Waals surface area contributed by atoms with Gasteiger partial charge in [0.15, 0.2) is 0 Å². The minimum absolute atomic E-state index is 0.218. The Bertz CT molecular complexity index is 1660. The van der Waals surface area contributed by atoms with Gasteiger partial charge in [-0.25, -0.2) is 13.1 Å². The largest absolute Gasteiger partial charge is 0.487 e. The van der Waals surface area contributed by atoms with Gasteiger partial charge in [0.1, 0.15) is 18.0 Å². The first-order chi connectivity index (χ1) is 23.9. The number of aryl methyl sites for hydroxylation is 1. The zero-order valence-corrected chi connectivity index (χ0v) is 31.9. The van der Waals surface area contributed by atoms with E-state index in [4.69, 9.17) is 21.1 Å². The van der Waals surface area contributed by atoms with Crippen LogP contribution in [0.3, 0.4) is 0 Å². The first-order valence-corrected chi connectivity index (χ1v) is 20.4. The maximum atomic E-state index is 13.6. The molecule has 50 heavy (non-hydrogen) atoms. The lowest BCUT2D eigenvalue weighted by molar-refractivity contribution is -0.0950. The van der Waals surface area contributed by atoms with E-state index in [-0.39, 0.29) is 11.8 Å². The minimum atomic E-state index is -3.95. The highest BCUT2D eigenvalue weighted by molar-refractivity contribution is 7.90. The fraction of sp³-hybridized carbons (Fsp3) is 0.615. The van der Waals surface area contributed by atoms with Gasteiger partial charge in [-0.15, -0.1) is 0 Å². The molecule has 9 nitrogen and oxygen atoms in total. The highest BCUT2D eigenvalue weighted by atomic mass is 35.5. The first kappa shape index (κ1) is 37.1. The molecule has 1 aliphatic carbocycles. The van der Waals surface area contributed by atoms with E-state index in [0.29, 0.717) is 42.3 Å². The molecule has 1 saturated heterocycles. The SMILES string of the molecule is CO[C@]1(CN2C[C@@H](C)N[C@@H](C)C2)/C=C/C[C@H](C)[C@@H](C)S(=O)(=O)NC(=O)c2ccc3c(c2)N(CCCCc2cc(Cl)ccc2CO3)CC2CC[C@H]21. The van der Waals surface area contributed by atoms with Crippen molar-refractivity contribution in [2.24, 2.45) is 17.8 Å². The van der Waals surface area contributed by atoms with Crippen LogP contribution < -0.4 is 19.7 Å². The van der Waals surface area contributed by atoms with Gasteiger partial charge in [-0.1, -0.05) is 36.7 Å². The number of ether oxygens (including phenoxy) is 2. The van der Waals surface area contributed by atoms with Crippen LogP contribution in [0, 0.1) is 17.8 Å². The number of anilines is 1. The van der Waals surface area contributed by atoms with Crippen molar-refractivity contribution >= 4 is 33.2 Å². The molecule has 2 bridgehead atoms. The molecule has 1 unspecified atom stereocenters. The van der Waals surface area contributed by atoms with Crippen molar-refractivity contribution in [3.8, 4) is 5.75 Å². The fourth-order valence-corrected chi connectivity index (χ4v) is 10.0. The average molecular weight is 727 g/mol. The molecular weight excluding hydrogens is 672 g/mol. The molecule has 2 fully saturated rings. The number of rotatable bonds is 3. The van der Waals surface area contributed by atoms with Crippen molar-refractivity contribution in [3.63, 3.8) is 0 Å². The molecule has 2 N–H and O–H groups in total. The Morgan fingerprint density at radius 2 is 1.78 bits per heavy atom. The van der Waals surface area contributed by atoms with Crippen LogP contribution in [0.15, 0.2) is 48.6 Å². The van der Waals surface area contributed by atoms with Gasteiger partial charge in [-0.05, 0) is 119 Å². The quantitative estimate of drug-likeness (QED) is 0.361. The second kappa shape index (κ2) is 15.5. The minimum Gasteiger partial charge on any atom is -0.487 e. The normalized spacial score (nSPS) is 33.0. The summed E-state index contributed by atoms with van der Waals surface area (Å²) in [4.78, 5) is 18.5. The lowest BCUT2D eigenvalue weighted by Gasteiger charge is -2.52. The average Bonchev–Trinajstić information content (AvgIpc) is 3.08. The third kappa shape index (κ3) is 8.20. The van der Waals surface area contributed by atoms with Gasteiger partial charge < -0.3 is 19.7 Å². The number of carbonyl (C=O) groups excluding carboxylic acids is 1. The number of nitrogens with one attached hydrogen (secondary N) is 2. The number of benzene rings is 2. The van der Waals surface area contributed by atoms with E-state index in [1.54, 1.807) is 13.0 Å². The van der Waals surface area contributed by atoms with Crippen LogP contribution in [0.5, 0.6) is 5.75 Å². The van der Waals surface area contributed by atoms with E-state index < -0.39 is 26.8 Å². The number of hydrogen-bond donors (Lipinski definition) is 2. The van der Waals surface area contributed by atoms with Crippen LogP contribution in [0.25, 0.3) is 0 Å². The van der Waals surface area contributed by atoms with E-state index >= 15 is 0 Å². The number of fused-ring (bicyclic) bond motifs is 3. The van der Waals surface area contributed by atoms with E-state index in [2.05, 4.69) is 45.8 Å². The highest BCUT2D eigenvalue weighted by Gasteiger charge is 2.48. The van der Waals surface area contributed by atoms with Crippen molar-refractivity contribution in [1.82, 2.24) is 14.9 Å². The Morgan fingerprint density at radius 3 is 2.50 bits per heavy atom. The molecule has 2 aromatic rings. The van der Waals surface area contributed by atoms with Gasteiger partial charge in [-0.2, -0.15) is 0 Å². The second-order valence-corrected chi connectivity index (χ2v) is 17.8. The molecule has 3 heterocycles. The molecule has 6 rings (SSSR count). The van der Waals surface area contributed by atoms with Crippen LogP contribution in [0.4, 0.5) is 5.69 Å². The van der Waals surface area contributed by atoms with Gasteiger partial charge >= 0.3 is 0 Å². The van der Waals surface area contributed by atoms with Crippen molar-refractivity contribution < 1.29 is 22.7 Å². The van der Waals surface area contributed by atoms with Crippen molar-refractivity contribution in [3.05, 3.63) is 70.3 Å². The predicted molar refractivity (Wildman–Crippen MR) is 201 cm³/mol. The Morgan fingerprint density at radius 1 is 1.00 bits per heavy atom. The Labute approximate surface area is 304 Å². The summed E-state index contributed by atoms with van der Waals surface area (Å²) in [6, 6.07) is 12.0. The second-order valence-electron chi connectivity index (χ2n) is 15.3. The molecule has 274 valence electrons. The fourth-order valence-electron chi connectivity index (χ4n) is 8.55. The Hall–Kier alpha value is -2.63.